The highest BCUT2D eigenvalue weighted by Crippen LogP contribution is 2.26. The van der Waals surface area contributed by atoms with Crippen molar-refractivity contribution in [1.29, 1.82) is 0 Å². The lowest BCUT2D eigenvalue weighted by Gasteiger charge is -2.16. The van der Waals surface area contributed by atoms with Gasteiger partial charge >= 0.3 is 0 Å². The second-order valence-electron chi connectivity index (χ2n) is 4.71. The van der Waals surface area contributed by atoms with E-state index in [1.165, 1.54) is 0 Å². The molecule has 0 saturated heterocycles. The number of nitrogens with one attached hydrogen (secondary N) is 1. The van der Waals surface area contributed by atoms with Crippen LogP contribution >= 0.6 is 0 Å². The number of benzene rings is 1. The second-order valence-corrected chi connectivity index (χ2v) is 4.71. The fraction of sp³-hybridized carbons (Fsp3) is 0.538. The Bertz CT molecular complexity index is 365. The lowest BCUT2D eigenvalue weighted by atomic mass is 10.1. The molecule has 16 heavy (non-hydrogen) atoms. The molecule has 0 radical (unpaired) electrons. The van der Waals surface area contributed by atoms with Crippen LogP contribution in [0.15, 0.2) is 18.2 Å². The Kier molecular flexibility index (Phi) is 3.34. The molecule has 0 amide bonds. The lowest BCUT2D eigenvalue weighted by Crippen LogP contribution is -2.21. The molecule has 0 aliphatic heterocycles. The quantitative estimate of drug-likeness (QED) is 0.684. The van der Waals surface area contributed by atoms with Crippen LogP contribution in [-0.4, -0.2) is 17.8 Å². The smallest absolute Gasteiger partial charge is 0.0585 e. The van der Waals surface area contributed by atoms with E-state index in [2.05, 4.69) is 5.32 Å². The largest absolute Gasteiger partial charge is 0.398 e. The van der Waals surface area contributed by atoms with Gasteiger partial charge in [0, 0.05) is 23.8 Å². The summed E-state index contributed by atoms with van der Waals surface area (Å²) in [5.41, 5.74) is 8.81. The number of hydrogen-bond donors (Lipinski definition) is 3. The standard InChI is InChI=1S/C13H20N2O/c1-9-5-6-11(7-12(9)14)15-8-10-3-2-4-13(10)16/h5-7,10,13,15-16H,2-4,8,14H2,1H3. The molecular formula is C13H20N2O. The van der Waals surface area contributed by atoms with E-state index < -0.39 is 0 Å². The Morgan fingerprint density at radius 3 is 2.88 bits per heavy atom. The van der Waals surface area contributed by atoms with E-state index in [0.29, 0.717) is 5.92 Å². The number of aliphatic hydroxyl groups is 1. The Morgan fingerprint density at radius 1 is 1.44 bits per heavy atom. The minimum atomic E-state index is -0.129. The van der Waals surface area contributed by atoms with Crippen LogP contribution in [0.3, 0.4) is 0 Å². The van der Waals surface area contributed by atoms with Gasteiger partial charge in [0.05, 0.1) is 6.10 Å². The van der Waals surface area contributed by atoms with Gasteiger partial charge in [0.25, 0.3) is 0 Å². The van der Waals surface area contributed by atoms with Crippen molar-refractivity contribution >= 4 is 11.4 Å². The summed E-state index contributed by atoms with van der Waals surface area (Å²) in [6.45, 7) is 2.84. The van der Waals surface area contributed by atoms with Crippen LogP contribution in [0.2, 0.25) is 0 Å². The normalized spacial score (nSPS) is 24.6. The first-order valence-corrected chi connectivity index (χ1v) is 5.95. The molecule has 1 aliphatic carbocycles. The van der Waals surface area contributed by atoms with Crippen molar-refractivity contribution < 1.29 is 5.11 Å². The first-order chi connectivity index (χ1) is 7.66. The Hall–Kier alpha value is -1.22. The number of aliphatic hydroxyl groups excluding tert-OH is 1. The SMILES string of the molecule is Cc1ccc(NCC2CCCC2O)cc1N. The van der Waals surface area contributed by atoms with Gasteiger partial charge in [0.15, 0.2) is 0 Å². The second kappa shape index (κ2) is 4.74. The van der Waals surface area contributed by atoms with Gasteiger partial charge in [-0.2, -0.15) is 0 Å². The maximum absolute atomic E-state index is 9.70. The average molecular weight is 220 g/mol. The van der Waals surface area contributed by atoms with E-state index in [9.17, 15) is 5.11 Å². The van der Waals surface area contributed by atoms with E-state index >= 15 is 0 Å². The van der Waals surface area contributed by atoms with Crippen molar-refractivity contribution in [3.63, 3.8) is 0 Å². The number of hydrogen-bond acceptors (Lipinski definition) is 3. The van der Waals surface area contributed by atoms with Crippen LogP contribution in [0, 0.1) is 12.8 Å². The van der Waals surface area contributed by atoms with Gasteiger partial charge in [0.2, 0.25) is 0 Å². The summed E-state index contributed by atoms with van der Waals surface area (Å²) < 4.78 is 0. The highest BCUT2D eigenvalue weighted by molar-refractivity contribution is 5.58. The highest BCUT2D eigenvalue weighted by atomic mass is 16.3. The first kappa shape index (κ1) is 11.3. The van der Waals surface area contributed by atoms with Crippen molar-refractivity contribution in [2.45, 2.75) is 32.3 Å². The molecule has 0 heterocycles. The average Bonchev–Trinajstić information content (AvgIpc) is 2.66. The van der Waals surface area contributed by atoms with Crippen LogP contribution in [0.1, 0.15) is 24.8 Å². The molecule has 0 spiro atoms. The third kappa shape index (κ3) is 2.47. The Morgan fingerprint density at radius 2 is 2.25 bits per heavy atom. The molecule has 3 heteroatoms. The number of rotatable bonds is 3. The Labute approximate surface area is 96.7 Å². The van der Waals surface area contributed by atoms with Gasteiger partial charge in [-0.1, -0.05) is 12.5 Å². The molecule has 1 aromatic carbocycles. The number of aryl methyl sites for hydroxylation is 1. The fourth-order valence-corrected chi connectivity index (χ4v) is 2.25. The van der Waals surface area contributed by atoms with Crippen molar-refractivity contribution in [2.75, 3.05) is 17.6 Å². The van der Waals surface area contributed by atoms with Crippen molar-refractivity contribution in [2.24, 2.45) is 5.92 Å². The lowest BCUT2D eigenvalue weighted by molar-refractivity contribution is 0.138. The van der Waals surface area contributed by atoms with E-state index in [1.807, 2.05) is 25.1 Å². The minimum absolute atomic E-state index is 0.129. The highest BCUT2D eigenvalue weighted by Gasteiger charge is 2.24. The molecule has 1 fully saturated rings. The van der Waals surface area contributed by atoms with Gasteiger partial charge in [-0.3, -0.25) is 0 Å². The molecule has 2 atom stereocenters. The first-order valence-electron chi connectivity index (χ1n) is 5.95. The molecular weight excluding hydrogens is 200 g/mol. The zero-order valence-corrected chi connectivity index (χ0v) is 9.74. The van der Waals surface area contributed by atoms with Gasteiger partial charge in [-0.05, 0) is 37.5 Å². The predicted molar refractivity (Wildman–Crippen MR) is 67.4 cm³/mol. The van der Waals surface area contributed by atoms with E-state index in [4.69, 9.17) is 5.73 Å². The summed E-state index contributed by atoms with van der Waals surface area (Å²) in [5.74, 6) is 0.391. The van der Waals surface area contributed by atoms with Crippen molar-refractivity contribution in [3.05, 3.63) is 23.8 Å². The molecule has 1 aliphatic rings. The molecule has 1 aromatic rings. The van der Waals surface area contributed by atoms with Crippen LogP contribution < -0.4 is 11.1 Å². The molecule has 4 N–H and O–H groups in total. The van der Waals surface area contributed by atoms with E-state index in [-0.39, 0.29) is 6.10 Å². The summed E-state index contributed by atoms with van der Waals surface area (Å²) in [5, 5.41) is 13.0. The molecule has 88 valence electrons. The van der Waals surface area contributed by atoms with Crippen molar-refractivity contribution in [3.8, 4) is 0 Å². The van der Waals surface area contributed by atoms with E-state index in [0.717, 1.165) is 42.7 Å². The van der Waals surface area contributed by atoms with Crippen LogP contribution in [0.25, 0.3) is 0 Å². The molecule has 0 aromatic heterocycles. The van der Waals surface area contributed by atoms with Gasteiger partial charge in [0.1, 0.15) is 0 Å². The molecule has 0 bridgehead atoms. The van der Waals surface area contributed by atoms with E-state index in [1.54, 1.807) is 0 Å². The predicted octanol–water partition coefficient (Wildman–Crippen LogP) is 2.15. The topological polar surface area (TPSA) is 58.3 Å². The summed E-state index contributed by atoms with van der Waals surface area (Å²) in [7, 11) is 0. The third-order valence-corrected chi connectivity index (χ3v) is 3.47. The van der Waals surface area contributed by atoms with Gasteiger partial charge in [-0.15, -0.1) is 0 Å². The Balaban J connectivity index is 1.91. The number of nitrogens with two attached hydrogens (primary N) is 1. The summed E-state index contributed by atoms with van der Waals surface area (Å²) >= 11 is 0. The molecule has 3 nitrogen and oxygen atoms in total. The minimum Gasteiger partial charge on any atom is -0.398 e. The molecule has 1 saturated carbocycles. The zero-order chi connectivity index (χ0) is 11.5. The van der Waals surface area contributed by atoms with Crippen LogP contribution in [0.5, 0.6) is 0 Å². The molecule has 2 unspecified atom stereocenters. The molecule has 2 rings (SSSR count). The summed E-state index contributed by atoms with van der Waals surface area (Å²) in [6.07, 6.45) is 3.08. The third-order valence-electron chi connectivity index (χ3n) is 3.47. The fourth-order valence-electron chi connectivity index (χ4n) is 2.25. The van der Waals surface area contributed by atoms with Crippen LogP contribution in [-0.2, 0) is 0 Å². The monoisotopic (exact) mass is 220 g/mol. The number of anilines is 2. The summed E-state index contributed by atoms with van der Waals surface area (Å²) in [4.78, 5) is 0. The zero-order valence-electron chi connectivity index (χ0n) is 9.74. The summed E-state index contributed by atoms with van der Waals surface area (Å²) in [6, 6.07) is 6.01. The maximum atomic E-state index is 9.70. The number of nitrogen functional groups attached to an aromatic ring is 1. The van der Waals surface area contributed by atoms with Gasteiger partial charge < -0.3 is 16.2 Å². The van der Waals surface area contributed by atoms with Crippen LogP contribution in [0.4, 0.5) is 11.4 Å². The van der Waals surface area contributed by atoms with Crippen molar-refractivity contribution in [1.82, 2.24) is 0 Å². The maximum Gasteiger partial charge on any atom is 0.0585 e. The van der Waals surface area contributed by atoms with Gasteiger partial charge in [-0.25, -0.2) is 0 Å².